The van der Waals surface area contributed by atoms with Crippen molar-refractivity contribution in [2.45, 2.75) is 19.8 Å². The first-order chi connectivity index (χ1) is 8.74. The number of nitrogens with zero attached hydrogens (tertiary/aromatic N) is 1. The van der Waals surface area contributed by atoms with Gasteiger partial charge in [0.1, 0.15) is 0 Å². The Hall–Kier alpha value is -1.34. The Balaban J connectivity index is 2.69. The van der Waals surface area contributed by atoms with Gasteiger partial charge in [-0.15, -0.1) is 0 Å². The molecular weight excluding hydrogens is 246 g/mol. The van der Waals surface area contributed by atoms with Crippen molar-refractivity contribution >= 4 is 12.6 Å². The molecule has 1 unspecified atom stereocenters. The molecule has 0 aliphatic heterocycles. The van der Waals surface area contributed by atoms with E-state index in [1.807, 2.05) is 0 Å². The Kier molecular flexibility index (Phi) is 6.45. The number of hydrogen-bond donors (Lipinski definition) is 1. The van der Waals surface area contributed by atoms with Crippen LogP contribution in [0.2, 0.25) is 0 Å². The van der Waals surface area contributed by atoms with Gasteiger partial charge in [-0.05, 0) is 24.3 Å². The monoisotopic (exact) mass is 265 g/mol. The summed E-state index contributed by atoms with van der Waals surface area (Å²) in [4.78, 5) is 0. The highest BCUT2D eigenvalue weighted by Crippen LogP contribution is 2.28. The third-order valence-electron chi connectivity index (χ3n) is 2.72. The minimum Gasteiger partial charge on any atom is -0.493 e. The van der Waals surface area contributed by atoms with E-state index < -0.39 is 0 Å². The van der Waals surface area contributed by atoms with E-state index in [1.54, 1.807) is 25.3 Å². The molecule has 1 atom stereocenters. The first kappa shape index (κ1) is 14.7. The number of nitriles is 1. The average Bonchev–Trinajstić information content (AvgIpc) is 2.43. The summed E-state index contributed by atoms with van der Waals surface area (Å²) in [7, 11) is 1.57. The normalized spacial score (nSPS) is 11.7. The van der Waals surface area contributed by atoms with Crippen molar-refractivity contribution in [3.8, 4) is 17.6 Å². The number of methoxy groups -OCH3 is 1. The molecule has 0 spiro atoms. The number of hydrogen-bond acceptors (Lipinski definition) is 4. The lowest BCUT2D eigenvalue weighted by atomic mass is 10.1. The molecule has 0 heterocycles. The molecule has 0 saturated heterocycles. The second-order valence-corrected chi connectivity index (χ2v) is 4.49. The predicted molar refractivity (Wildman–Crippen MR) is 75.5 cm³/mol. The van der Waals surface area contributed by atoms with Crippen molar-refractivity contribution in [1.82, 2.24) is 0 Å². The molecule has 98 valence electrons. The van der Waals surface area contributed by atoms with E-state index in [0.29, 0.717) is 29.6 Å². The maximum absolute atomic E-state index is 8.82. The van der Waals surface area contributed by atoms with Gasteiger partial charge < -0.3 is 9.47 Å². The molecule has 0 N–H and O–H groups in total. The average molecular weight is 265 g/mol. The van der Waals surface area contributed by atoms with Gasteiger partial charge in [-0.3, -0.25) is 0 Å². The van der Waals surface area contributed by atoms with E-state index >= 15 is 0 Å². The summed E-state index contributed by atoms with van der Waals surface area (Å²) in [6, 6.07) is 7.27. The molecule has 0 amide bonds. The van der Waals surface area contributed by atoms with Gasteiger partial charge >= 0.3 is 0 Å². The standard InChI is InChI=1S/C14H19NO2S/c1-3-4-12(10-18)9-17-13-6-5-11(8-15)7-14(13)16-2/h5-7,12,18H,3-4,9-10H2,1-2H3. The molecule has 0 saturated carbocycles. The van der Waals surface area contributed by atoms with Crippen LogP contribution in [-0.2, 0) is 0 Å². The summed E-state index contributed by atoms with van der Waals surface area (Å²) in [5.41, 5.74) is 0.568. The lowest BCUT2D eigenvalue weighted by Gasteiger charge is -2.16. The Morgan fingerprint density at radius 2 is 2.17 bits per heavy atom. The van der Waals surface area contributed by atoms with E-state index in [9.17, 15) is 0 Å². The highest BCUT2D eigenvalue weighted by Gasteiger charge is 2.10. The van der Waals surface area contributed by atoms with Gasteiger partial charge in [0.05, 0.1) is 25.3 Å². The van der Waals surface area contributed by atoms with Gasteiger partial charge in [0.25, 0.3) is 0 Å². The van der Waals surface area contributed by atoms with Crippen LogP contribution in [0.15, 0.2) is 18.2 Å². The summed E-state index contributed by atoms with van der Waals surface area (Å²) < 4.78 is 11.0. The minimum atomic E-state index is 0.443. The van der Waals surface area contributed by atoms with Crippen LogP contribution in [-0.4, -0.2) is 19.5 Å². The van der Waals surface area contributed by atoms with Crippen LogP contribution in [0.3, 0.4) is 0 Å². The van der Waals surface area contributed by atoms with Crippen LogP contribution in [0.4, 0.5) is 0 Å². The smallest absolute Gasteiger partial charge is 0.162 e. The van der Waals surface area contributed by atoms with Crippen LogP contribution >= 0.6 is 12.6 Å². The second-order valence-electron chi connectivity index (χ2n) is 4.13. The van der Waals surface area contributed by atoms with Crippen LogP contribution in [0.25, 0.3) is 0 Å². The number of ether oxygens (including phenoxy) is 2. The van der Waals surface area contributed by atoms with Crippen molar-refractivity contribution in [3.63, 3.8) is 0 Å². The third kappa shape index (κ3) is 4.15. The van der Waals surface area contributed by atoms with E-state index in [2.05, 4.69) is 25.6 Å². The molecule has 18 heavy (non-hydrogen) atoms. The summed E-state index contributed by atoms with van der Waals surface area (Å²) in [6.07, 6.45) is 2.22. The van der Waals surface area contributed by atoms with Crippen LogP contribution < -0.4 is 9.47 Å². The molecule has 0 aliphatic rings. The lowest BCUT2D eigenvalue weighted by molar-refractivity contribution is 0.243. The Bertz CT molecular complexity index is 415. The second kappa shape index (κ2) is 7.88. The zero-order valence-electron chi connectivity index (χ0n) is 10.8. The maximum atomic E-state index is 8.82. The number of rotatable bonds is 7. The topological polar surface area (TPSA) is 42.2 Å². The Labute approximate surface area is 114 Å². The van der Waals surface area contributed by atoms with Crippen molar-refractivity contribution in [3.05, 3.63) is 23.8 Å². The molecular formula is C14H19NO2S. The molecule has 1 rings (SSSR count). The number of benzene rings is 1. The summed E-state index contributed by atoms with van der Waals surface area (Å²) in [5, 5.41) is 8.82. The highest BCUT2D eigenvalue weighted by atomic mass is 32.1. The molecule has 1 aromatic carbocycles. The Morgan fingerprint density at radius 3 is 2.72 bits per heavy atom. The van der Waals surface area contributed by atoms with E-state index in [0.717, 1.165) is 18.6 Å². The van der Waals surface area contributed by atoms with Crippen LogP contribution in [0, 0.1) is 17.2 Å². The van der Waals surface area contributed by atoms with Gasteiger partial charge in [-0.25, -0.2) is 0 Å². The van der Waals surface area contributed by atoms with Gasteiger partial charge in [-0.1, -0.05) is 13.3 Å². The summed E-state index contributed by atoms with van der Waals surface area (Å²) >= 11 is 4.32. The molecule has 0 bridgehead atoms. The van der Waals surface area contributed by atoms with E-state index in [1.165, 1.54) is 0 Å². The van der Waals surface area contributed by atoms with Crippen molar-refractivity contribution in [2.75, 3.05) is 19.5 Å². The fourth-order valence-corrected chi connectivity index (χ4v) is 1.99. The van der Waals surface area contributed by atoms with Crippen molar-refractivity contribution in [2.24, 2.45) is 5.92 Å². The molecule has 0 aromatic heterocycles. The lowest BCUT2D eigenvalue weighted by Crippen LogP contribution is -2.13. The zero-order valence-corrected chi connectivity index (χ0v) is 11.7. The summed E-state index contributed by atoms with van der Waals surface area (Å²) in [6.45, 7) is 2.78. The van der Waals surface area contributed by atoms with Gasteiger partial charge in [0.15, 0.2) is 11.5 Å². The first-order valence-electron chi connectivity index (χ1n) is 6.06. The van der Waals surface area contributed by atoms with E-state index in [4.69, 9.17) is 14.7 Å². The van der Waals surface area contributed by atoms with Crippen molar-refractivity contribution in [1.29, 1.82) is 5.26 Å². The quantitative estimate of drug-likeness (QED) is 0.769. The molecule has 3 nitrogen and oxygen atoms in total. The largest absolute Gasteiger partial charge is 0.493 e. The van der Waals surface area contributed by atoms with Crippen LogP contribution in [0.1, 0.15) is 25.3 Å². The Morgan fingerprint density at radius 1 is 1.39 bits per heavy atom. The number of thiol groups is 1. The van der Waals surface area contributed by atoms with Gasteiger partial charge in [-0.2, -0.15) is 17.9 Å². The van der Waals surface area contributed by atoms with Crippen LogP contribution in [0.5, 0.6) is 11.5 Å². The molecule has 0 fully saturated rings. The zero-order chi connectivity index (χ0) is 13.4. The maximum Gasteiger partial charge on any atom is 0.162 e. The fourth-order valence-electron chi connectivity index (χ4n) is 1.70. The molecule has 0 aliphatic carbocycles. The molecule has 0 radical (unpaired) electrons. The first-order valence-corrected chi connectivity index (χ1v) is 6.70. The highest BCUT2D eigenvalue weighted by molar-refractivity contribution is 7.80. The van der Waals surface area contributed by atoms with Crippen molar-refractivity contribution < 1.29 is 9.47 Å². The van der Waals surface area contributed by atoms with Gasteiger partial charge in [0.2, 0.25) is 0 Å². The SMILES string of the molecule is CCCC(CS)COc1ccc(C#N)cc1OC. The summed E-state index contributed by atoms with van der Waals surface area (Å²) in [5.74, 6) is 2.54. The third-order valence-corrected chi connectivity index (χ3v) is 3.24. The minimum absolute atomic E-state index is 0.443. The van der Waals surface area contributed by atoms with Gasteiger partial charge in [0, 0.05) is 12.0 Å². The van der Waals surface area contributed by atoms with E-state index in [-0.39, 0.29) is 0 Å². The molecule has 4 heteroatoms. The predicted octanol–water partition coefficient (Wildman–Crippen LogP) is 3.29. The molecule has 1 aromatic rings. The fraction of sp³-hybridized carbons (Fsp3) is 0.500.